The van der Waals surface area contributed by atoms with Gasteiger partial charge in [0, 0.05) is 13.7 Å². The number of carboxylic acid groups (broad SMARTS) is 1. The Morgan fingerprint density at radius 1 is 1.25 bits per heavy atom. The van der Waals surface area contributed by atoms with Crippen LogP contribution in [0.25, 0.3) is 0 Å². The van der Waals surface area contributed by atoms with Crippen LogP contribution < -0.4 is 0 Å². The summed E-state index contributed by atoms with van der Waals surface area (Å²) in [5.41, 5.74) is 1.67. The summed E-state index contributed by atoms with van der Waals surface area (Å²) in [6.07, 6.45) is 0.787. The molecule has 1 saturated heterocycles. The second-order valence-electron chi connectivity index (χ2n) is 5.19. The van der Waals surface area contributed by atoms with Crippen LogP contribution in [-0.4, -0.2) is 48.2 Å². The molecular formula is C15H19NO4. The van der Waals surface area contributed by atoms with Crippen molar-refractivity contribution in [1.29, 1.82) is 0 Å². The van der Waals surface area contributed by atoms with Gasteiger partial charge in [0.25, 0.3) is 5.91 Å². The first-order valence-corrected chi connectivity index (χ1v) is 6.62. The molecule has 0 aliphatic carbocycles. The smallest absolute Gasteiger partial charge is 0.336 e. The molecule has 1 unspecified atom stereocenters. The predicted molar refractivity (Wildman–Crippen MR) is 74.2 cm³/mol. The lowest BCUT2D eigenvalue weighted by molar-refractivity contribution is 0.0660. The van der Waals surface area contributed by atoms with Gasteiger partial charge in [0.05, 0.1) is 23.8 Å². The molecular weight excluding hydrogens is 258 g/mol. The van der Waals surface area contributed by atoms with E-state index in [1.165, 1.54) is 0 Å². The average Bonchev–Trinajstić information content (AvgIpc) is 2.93. The number of carbonyl (C=O) groups excluding carboxylic acids is 1. The highest BCUT2D eigenvalue weighted by molar-refractivity contribution is 6.06. The topological polar surface area (TPSA) is 66.8 Å². The van der Waals surface area contributed by atoms with Crippen molar-refractivity contribution in [2.75, 3.05) is 20.3 Å². The van der Waals surface area contributed by atoms with Crippen LogP contribution in [0.2, 0.25) is 0 Å². The molecule has 1 amide bonds. The maximum Gasteiger partial charge on any atom is 0.336 e. The highest BCUT2D eigenvalue weighted by Crippen LogP contribution is 2.22. The average molecular weight is 277 g/mol. The normalized spacial score (nSPS) is 18.1. The molecule has 2 rings (SSSR count). The van der Waals surface area contributed by atoms with Gasteiger partial charge in [-0.15, -0.1) is 0 Å². The molecule has 1 fully saturated rings. The summed E-state index contributed by atoms with van der Waals surface area (Å²) in [5.74, 6) is -1.32. The molecule has 1 N–H and O–H groups in total. The van der Waals surface area contributed by atoms with Gasteiger partial charge < -0.3 is 14.7 Å². The summed E-state index contributed by atoms with van der Waals surface area (Å²) in [6.45, 7) is 4.62. The molecule has 108 valence electrons. The van der Waals surface area contributed by atoms with Crippen LogP contribution in [0.5, 0.6) is 0 Å². The number of likely N-dealkylation sites (N-methyl/N-ethyl adjacent to an activating group) is 1. The lowest BCUT2D eigenvalue weighted by Crippen LogP contribution is -2.38. The van der Waals surface area contributed by atoms with E-state index in [0.29, 0.717) is 24.3 Å². The van der Waals surface area contributed by atoms with Crippen molar-refractivity contribution in [2.24, 2.45) is 0 Å². The monoisotopic (exact) mass is 277 g/mol. The van der Waals surface area contributed by atoms with E-state index >= 15 is 0 Å². The Bertz CT molecular complexity index is 547. The number of benzene rings is 1. The van der Waals surface area contributed by atoms with Crippen LogP contribution in [0.4, 0.5) is 0 Å². The molecule has 1 heterocycles. The first-order chi connectivity index (χ1) is 9.43. The number of carbonyl (C=O) groups is 2. The number of aryl methyl sites for hydroxylation is 2. The zero-order valence-corrected chi connectivity index (χ0v) is 12.0. The van der Waals surface area contributed by atoms with E-state index in [1.54, 1.807) is 37.9 Å². The molecule has 0 aromatic heterocycles. The summed E-state index contributed by atoms with van der Waals surface area (Å²) in [5, 5.41) is 9.37. The number of carboxylic acids is 1. The van der Waals surface area contributed by atoms with E-state index in [-0.39, 0.29) is 23.1 Å². The highest BCUT2D eigenvalue weighted by atomic mass is 16.5. The third-order valence-corrected chi connectivity index (χ3v) is 3.82. The molecule has 0 saturated carbocycles. The second-order valence-corrected chi connectivity index (χ2v) is 5.19. The van der Waals surface area contributed by atoms with Gasteiger partial charge in [0.15, 0.2) is 0 Å². The van der Waals surface area contributed by atoms with Crippen LogP contribution in [0.1, 0.15) is 38.3 Å². The molecule has 5 nitrogen and oxygen atoms in total. The third-order valence-electron chi connectivity index (χ3n) is 3.82. The van der Waals surface area contributed by atoms with E-state index in [0.717, 1.165) is 6.42 Å². The van der Waals surface area contributed by atoms with Gasteiger partial charge in [-0.3, -0.25) is 4.79 Å². The van der Waals surface area contributed by atoms with Crippen molar-refractivity contribution in [3.63, 3.8) is 0 Å². The van der Waals surface area contributed by atoms with E-state index < -0.39 is 5.97 Å². The summed E-state index contributed by atoms with van der Waals surface area (Å²) in [4.78, 5) is 25.7. The molecule has 0 radical (unpaired) electrons. The maximum atomic E-state index is 12.6. The zero-order valence-electron chi connectivity index (χ0n) is 12.0. The molecule has 20 heavy (non-hydrogen) atoms. The molecule has 1 aromatic carbocycles. The van der Waals surface area contributed by atoms with Crippen molar-refractivity contribution in [2.45, 2.75) is 26.3 Å². The van der Waals surface area contributed by atoms with Crippen molar-refractivity contribution < 1.29 is 19.4 Å². The Morgan fingerprint density at radius 2 is 1.85 bits per heavy atom. The Balaban J connectivity index is 2.43. The number of aromatic carboxylic acids is 1. The fourth-order valence-corrected chi connectivity index (χ4v) is 2.53. The summed E-state index contributed by atoms with van der Waals surface area (Å²) in [7, 11) is 1.70. The van der Waals surface area contributed by atoms with Crippen LogP contribution in [0, 0.1) is 13.8 Å². The first kappa shape index (κ1) is 14.5. The van der Waals surface area contributed by atoms with Gasteiger partial charge in [0.2, 0.25) is 0 Å². The number of hydrogen-bond acceptors (Lipinski definition) is 3. The Kier molecular flexibility index (Phi) is 4.09. The van der Waals surface area contributed by atoms with Crippen LogP contribution >= 0.6 is 0 Å². The molecule has 1 aromatic rings. The second kappa shape index (κ2) is 5.63. The SMILES string of the molecule is Cc1ccc(C)c(C(=O)N(C)C2CCOC2)c1C(=O)O. The minimum Gasteiger partial charge on any atom is -0.478 e. The van der Waals surface area contributed by atoms with Gasteiger partial charge in [-0.05, 0) is 31.4 Å². The minimum absolute atomic E-state index is 0.0176. The predicted octanol–water partition coefficient (Wildman–Crippen LogP) is 1.86. The van der Waals surface area contributed by atoms with Gasteiger partial charge >= 0.3 is 5.97 Å². The Labute approximate surface area is 118 Å². The summed E-state index contributed by atoms with van der Waals surface area (Å²) in [6, 6.07) is 3.53. The number of amides is 1. The van der Waals surface area contributed by atoms with E-state index in [9.17, 15) is 14.7 Å². The van der Waals surface area contributed by atoms with Gasteiger partial charge in [-0.1, -0.05) is 12.1 Å². The fraction of sp³-hybridized carbons (Fsp3) is 0.467. The first-order valence-electron chi connectivity index (χ1n) is 6.62. The molecule has 0 spiro atoms. The highest BCUT2D eigenvalue weighted by Gasteiger charge is 2.29. The Hall–Kier alpha value is -1.88. The zero-order chi connectivity index (χ0) is 14.9. The van der Waals surface area contributed by atoms with Gasteiger partial charge in [-0.2, -0.15) is 0 Å². The molecule has 1 atom stereocenters. The van der Waals surface area contributed by atoms with Gasteiger partial charge in [-0.25, -0.2) is 4.79 Å². The van der Waals surface area contributed by atoms with Crippen molar-refractivity contribution in [3.8, 4) is 0 Å². The molecule has 0 bridgehead atoms. The van der Waals surface area contributed by atoms with Crippen molar-refractivity contribution >= 4 is 11.9 Å². The number of ether oxygens (including phenoxy) is 1. The summed E-state index contributed by atoms with van der Waals surface area (Å²) < 4.78 is 5.29. The van der Waals surface area contributed by atoms with Crippen molar-refractivity contribution in [1.82, 2.24) is 4.90 Å². The number of rotatable bonds is 3. The van der Waals surface area contributed by atoms with E-state index in [1.807, 2.05) is 0 Å². The molecule has 1 aliphatic heterocycles. The lowest BCUT2D eigenvalue weighted by atomic mass is 9.96. The minimum atomic E-state index is -1.06. The van der Waals surface area contributed by atoms with Crippen molar-refractivity contribution in [3.05, 3.63) is 34.4 Å². The fourth-order valence-electron chi connectivity index (χ4n) is 2.53. The largest absolute Gasteiger partial charge is 0.478 e. The van der Waals surface area contributed by atoms with Crippen LogP contribution in [0.3, 0.4) is 0 Å². The van der Waals surface area contributed by atoms with Crippen LogP contribution in [0.15, 0.2) is 12.1 Å². The maximum absolute atomic E-state index is 12.6. The number of hydrogen-bond donors (Lipinski definition) is 1. The lowest BCUT2D eigenvalue weighted by Gasteiger charge is -2.25. The molecule has 5 heteroatoms. The summed E-state index contributed by atoms with van der Waals surface area (Å²) >= 11 is 0. The van der Waals surface area contributed by atoms with Crippen LogP contribution in [-0.2, 0) is 4.74 Å². The quantitative estimate of drug-likeness (QED) is 0.915. The van der Waals surface area contributed by atoms with E-state index in [2.05, 4.69) is 0 Å². The third kappa shape index (κ3) is 2.54. The number of nitrogens with zero attached hydrogens (tertiary/aromatic N) is 1. The molecule has 1 aliphatic rings. The van der Waals surface area contributed by atoms with E-state index in [4.69, 9.17) is 4.74 Å². The standard InChI is InChI=1S/C15H19NO4/c1-9-4-5-10(2)13(15(18)19)12(9)14(17)16(3)11-6-7-20-8-11/h4-5,11H,6-8H2,1-3H3,(H,18,19). The Morgan fingerprint density at radius 3 is 2.35 bits per heavy atom. The van der Waals surface area contributed by atoms with Gasteiger partial charge in [0.1, 0.15) is 0 Å².